The van der Waals surface area contributed by atoms with Gasteiger partial charge < -0.3 is 20.3 Å². The zero-order valence-corrected chi connectivity index (χ0v) is 16.3. The Labute approximate surface area is 164 Å². The Morgan fingerprint density at radius 1 is 0.893 bits per heavy atom. The van der Waals surface area contributed by atoms with Crippen molar-refractivity contribution in [3.63, 3.8) is 0 Å². The van der Waals surface area contributed by atoms with E-state index in [1.165, 1.54) is 18.7 Å². The van der Waals surface area contributed by atoms with Crippen LogP contribution < -0.4 is 15.4 Å². The van der Waals surface area contributed by atoms with E-state index in [-0.39, 0.29) is 24.3 Å². The molecule has 0 fully saturated rings. The first-order valence-corrected chi connectivity index (χ1v) is 8.93. The molecule has 28 heavy (non-hydrogen) atoms. The molecule has 3 amide bonds. The van der Waals surface area contributed by atoms with Gasteiger partial charge in [0.25, 0.3) is 0 Å². The quantitative estimate of drug-likeness (QED) is 0.734. The molecule has 2 aromatic rings. The number of carbonyl (C=O) groups is 3. The summed E-state index contributed by atoms with van der Waals surface area (Å²) in [5.74, 6) is 0.170. The first kappa shape index (κ1) is 21.0. The molecule has 2 rings (SSSR count). The minimum Gasteiger partial charge on any atom is -0.497 e. The largest absolute Gasteiger partial charge is 0.497 e. The number of nitrogens with zero attached hydrogens (tertiary/aromatic N) is 1. The fraction of sp³-hybridized carbons (Fsp3) is 0.286. The van der Waals surface area contributed by atoms with E-state index in [0.29, 0.717) is 24.3 Å². The van der Waals surface area contributed by atoms with Crippen LogP contribution in [0.2, 0.25) is 0 Å². The van der Waals surface area contributed by atoms with Crippen LogP contribution in [0, 0.1) is 0 Å². The Balaban J connectivity index is 1.88. The van der Waals surface area contributed by atoms with E-state index in [2.05, 4.69) is 10.6 Å². The molecule has 0 radical (unpaired) electrons. The van der Waals surface area contributed by atoms with E-state index in [1.54, 1.807) is 31.4 Å². The highest BCUT2D eigenvalue weighted by molar-refractivity contribution is 5.95. The van der Waals surface area contributed by atoms with E-state index in [1.807, 2.05) is 24.3 Å². The molecule has 0 unspecified atom stereocenters. The minimum absolute atomic E-state index is 0.0288. The molecule has 0 aliphatic heterocycles. The second-order valence-electron chi connectivity index (χ2n) is 6.35. The van der Waals surface area contributed by atoms with Gasteiger partial charge >= 0.3 is 0 Å². The van der Waals surface area contributed by atoms with Crippen LogP contribution in [0.5, 0.6) is 5.75 Å². The number of hydrogen-bond donors (Lipinski definition) is 2. The molecule has 2 N–H and O–H groups in total. The minimum atomic E-state index is -0.280. The number of nitrogens with one attached hydrogen (secondary N) is 2. The molecule has 0 saturated carbocycles. The van der Waals surface area contributed by atoms with E-state index >= 15 is 0 Å². The number of methoxy groups -OCH3 is 1. The number of anilines is 2. The number of hydrogen-bond acceptors (Lipinski definition) is 4. The van der Waals surface area contributed by atoms with Crippen molar-refractivity contribution in [3.05, 3.63) is 54.1 Å². The van der Waals surface area contributed by atoms with Gasteiger partial charge in [-0.25, -0.2) is 0 Å². The zero-order valence-electron chi connectivity index (χ0n) is 16.3. The van der Waals surface area contributed by atoms with Crippen molar-refractivity contribution >= 4 is 29.1 Å². The zero-order chi connectivity index (χ0) is 20.5. The lowest BCUT2D eigenvalue weighted by Gasteiger charge is -2.20. The summed E-state index contributed by atoms with van der Waals surface area (Å²) >= 11 is 0. The molecule has 0 saturated heterocycles. The Kier molecular flexibility index (Phi) is 7.56. The average molecular weight is 383 g/mol. The van der Waals surface area contributed by atoms with E-state index in [9.17, 15) is 14.4 Å². The van der Waals surface area contributed by atoms with Crippen LogP contribution >= 0.6 is 0 Å². The van der Waals surface area contributed by atoms with Gasteiger partial charge in [-0.3, -0.25) is 14.4 Å². The van der Waals surface area contributed by atoms with Crippen molar-refractivity contribution in [1.29, 1.82) is 0 Å². The molecule has 0 heterocycles. The lowest BCUT2D eigenvalue weighted by molar-refractivity contribution is -0.132. The molecule has 148 valence electrons. The third-order valence-electron chi connectivity index (χ3n) is 4.10. The molecule has 0 bridgehead atoms. The second-order valence-corrected chi connectivity index (χ2v) is 6.35. The van der Waals surface area contributed by atoms with Crippen molar-refractivity contribution in [2.75, 3.05) is 30.8 Å². The van der Waals surface area contributed by atoms with Gasteiger partial charge in [-0.2, -0.15) is 0 Å². The highest BCUT2D eigenvalue weighted by Gasteiger charge is 2.14. The van der Waals surface area contributed by atoms with Gasteiger partial charge in [0.15, 0.2) is 0 Å². The summed E-state index contributed by atoms with van der Waals surface area (Å²) in [6.07, 6.45) is 0.641. The summed E-state index contributed by atoms with van der Waals surface area (Å²) < 4.78 is 5.13. The first-order chi connectivity index (χ1) is 13.4. The third kappa shape index (κ3) is 6.75. The topological polar surface area (TPSA) is 87.7 Å². The fourth-order valence-electron chi connectivity index (χ4n) is 2.62. The standard InChI is InChI=1S/C21H25N3O4/c1-15(25)22-18-6-8-19(9-7-18)23-21(27)14-24(16(2)26)13-12-17-4-10-20(28-3)11-5-17/h4-11H,12-14H2,1-3H3,(H,22,25)(H,23,27). The number of carbonyl (C=O) groups excluding carboxylic acids is 3. The van der Waals surface area contributed by atoms with Crippen LogP contribution in [0.15, 0.2) is 48.5 Å². The normalized spacial score (nSPS) is 10.1. The molecule has 7 heteroatoms. The number of ether oxygens (including phenoxy) is 1. The molecule has 2 aromatic carbocycles. The Morgan fingerprint density at radius 3 is 1.96 bits per heavy atom. The number of benzene rings is 2. The Bertz CT molecular complexity index is 817. The molecular formula is C21H25N3O4. The first-order valence-electron chi connectivity index (χ1n) is 8.93. The molecule has 0 atom stereocenters. The average Bonchev–Trinajstić information content (AvgIpc) is 2.66. The highest BCUT2D eigenvalue weighted by Crippen LogP contribution is 2.14. The van der Waals surface area contributed by atoms with Gasteiger partial charge in [0.2, 0.25) is 17.7 Å². The van der Waals surface area contributed by atoms with Gasteiger partial charge in [-0.05, 0) is 48.4 Å². The summed E-state index contributed by atoms with van der Waals surface area (Å²) in [5, 5.41) is 5.42. The smallest absolute Gasteiger partial charge is 0.243 e. The lowest BCUT2D eigenvalue weighted by atomic mass is 10.1. The van der Waals surface area contributed by atoms with Crippen LogP contribution in [0.25, 0.3) is 0 Å². The second kappa shape index (κ2) is 10.1. The van der Waals surface area contributed by atoms with E-state index < -0.39 is 0 Å². The van der Waals surface area contributed by atoms with E-state index in [0.717, 1.165) is 11.3 Å². The summed E-state index contributed by atoms with van der Waals surface area (Å²) in [5.41, 5.74) is 2.30. The Hall–Kier alpha value is -3.35. The van der Waals surface area contributed by atoms with Crippen molar-refractivity contribution in [2.45, 2.75) is 20.3 Å². The third-order valence-corrected chi connectivity index (χ3v) is 4.10. The van der Waals surface area contributed by atoms with Gasteiger partial charge in [-0.1, -0.05) is 12.1 Å². The van der Waals surface area contributed by atoms with Crippen LogP contribution in [-0.2, 0) is 20.8 Å². The van der Waals surface area contributed by atoms with Gasteiger partial charge in [0.1, 0.15) is 5.75 Å². The molecule has 0 aliphatic carbocycles. The predicted molar refractivity (Wildman–Crippen MR) is 108 cm³/mol. The molecule has 0 aromatic heterocycles. The summed E-state index contributed by atoms with van der Waals surface area (Å²) in [6.45, 7) is 3.29. The molecule has 0 aliphatic rings. The molecule has 7 nitrogen and oxygen atoms in total. The van der Waals surface area contributed by atoms with Crippen molar-refractivity contribution in [3.8, 4) is 5.75 Å². The van der Waals surface area contributed by atoms with Crippen LogP contribution in [0.1, 0.15) is 19.4 Å². The van der Waals surface area contributed by atoms with Gasteiger partial charge in [0, 0.05) is 31.8 Å². The van der Waals surface area contributed by atoms with Crippen LogP contribution in [0.3, 0.4) is 0 Å². The lowest BCUT2D eigenvalue weighted by Crippen LogP contribution is -2.38. The number of rotatable bonds is 8. The van der Waals surface area contributed by atoms with Crippen molar-refractivity contribution in [1.82, 2.24) is 4.90 Å². The van der Waals surface area contributed by atoms with Crippen LogP contribution in [-0.4, -0.2) is 42.8 Å². The van der Waals surface area contributed by atoms with E-state index in [4.69, 9.17) is 4.74 Å². The SMILES string of the molecule is COc1ccc(CCN(CC(=O)Nc2ccc(NC(C)=O)cc2)C(C)=O)cc1. The van der Waals surface area contributed by atoms with Crippen molar-refractivity contribution in [2.24, 2.45) is 0 Å². The molecule has 0 spiro atoms. The van der Waals surface area contributed by atoms with Gasteiger partial charge in [0.05, 0.1) is 13.7 Å². The Morgan fingerprint density at radius 2 is 1.46 bits per heavy atom. The maximum Gasteiger partial charge on any atom is 0.243 e. The monoisotopic (exact) mass is 383 g/mol. The summed E-state index contributed by atoms with van der Waals surface area (Å²) in [4.78, 5) is 36.7. The number of amides is 3. The fourth-order valence-corrected chi connectivity index (χ4v) is 2.62. The molecular weight excluding hydrogens is 358 g/mol. The maximum absolute atomic E-state index is 12.3. The van der Waals surface area contributed by atoms with Crippen LogP contribution in [0.4, 0.5) is 11.4 Å². The predicted octanol–water partition coefficient (Wildman–Crippen LogP) is 2.68. The summed E-state index contributed by atoms with van der Waals surface area (Å²) in [6, 6.07) is 14.4. The van der Waals surface area contributed by atoms with Gasteiger partial charge in [-0.15, -0.1) is 0 Å². The maximum atomic E-state index is 12.3. The van der Waals surface area contributed by atoms with Crippen molar-refractivity contribution < 1.29 is 19.1 Å². The summed E-state index contributed by atoms with van der Waals surface area (Å²) in [7, 11) is 1.61. The highest BCUT2D eigenvalue weighted by atomic mass is 16.5.